The fraction of sp³-hybridized carbons (Fsp3) is 0.500. The third kappa shape index (κ3) is 7.46. The SMILES string of the molecule is C=CC(C#N)CC(=C)C(N)=O.COCCCn1cnc2cc(C(O)N3CC[C@H](OC)C3)cnc21. The van der Waals surface area contributed by atoms with Crippen molar-refractivity contribution in [2.45, 2.75) is 38.1 Å². The summed E-state index contributed by atoms with van der Waals surface area (Å²) in [7, 11) is 3.41. The zero-order valence-electron chi connectivity index (χ0n) is 19.9. The summed E-state index contributed by atoms with van der Waals surface area (Å²) < 4.78 is 12.4. The molecule has 2 aromatic heterocycles. The second-order valence-electron chi connectivity index (χ2n) is 8.05. The second kappa shape index (κ2) is 13.6. The van der Waals surface area contributed by atoms with Gasteiger partial charge in [-0.2, -0.15) is 5.26 Å². The first-order valence-corrected chi connectivity index (χ1v) is 11.1. The molecule has 3 atom stereocenters. The maximum absolute atomic E-state index is 10.6. The minimum atomic E-state index is -0.661. The Morgan fingerprint density at radius 2 is 2.24 bits per heavy atom. The number of rotatable bonds is 11. The summed E-state index contributed by atoms with van der Waals surface area (Å²) >= 11 is 0. The molecule has 10 nitrogen and oxygen atoms in total. The zero-order valence-corrected chi connectivity index (χ0v) is 19.9. The number of pyridine rings is 1. The van der Waals surface area contributed by atoms with Gasteiger partial charge in [0.2, 0.25) is 5.91 Å². The number of methoxy groups -OCH3 is 2. The number of nitrogens with zero attached hydrogens (tertiary/aromatic N) is 5. The molecule has 10 heteroatoms. The van der Waals surface area contributed by atoms with Crippen LogP contribution in [0, 0.1) is 17.2 Å². The van der Waals surface area contributed by atoms with Gasteiger partial charge in [-0.1, -0.05) is 12.7 Å². The van der Waals surface area contributed by atoms with Gasteiger partial charge in [-0.15, -0.1) is 6.58 Å². The lowest BCUT2D eigenvalue weighted by atomic mass is 10.0. The topological polar surface area (TPSA) is 140 Å². The van der Waals surface area contributed by atoms with Gasteiger partial charge in [0.1, 0.15) is 11.7 Å². The second-order valence-corrected chi connectivity index (χ2v) is 8.05. The Kier molecular flexibility index (Phi) is 10.8. The quantitative estimate of drug-likeness (QED) is 0.288. The molecule has 0 bridgehead atoms. The number of ether oxygens (including phenoxy) is 2. The van der Waals surface area contributed by atoms with E-state index in [9.17, 15) is 9.90 Å². The van der Waals surface area contributed by atoms with Crippen LogP contribution in [0.3, 0.4) is 0 Å². The molecule has 1 amide bonds. The fourth-order valence-electron chi connectivity index (χ4n) is 3.58. The van der Waals surface area contributed by atoms with Crippen molar-refractivity contribution in [1.82, 2.24) is 19.4 Å². The Balaban J connectivity index is 0.000000316. The van der Waals surface area contributed by atoms with Gasteiger partial charge in [-0.3, -0.25) is 9.69 Å². The van der Waals surface area contributed by atoms with Crippen LogP contribution in [0.2, 0.25) is 0 Å². The van der Waals surface area contributed by atoms with Crippen molar-refractivity contribution in [3.05, 3.63) is 49.0 Å². The number of allylic oxidation sites excluding steroid dienone is 1. The Hall–Kier alpha value is -3.10. The first kappa shape index (κ1) is 27.1. The minimum Gasteiger partial charge on any atom is -0.385 e. The normalized spacial score (nSPS) is 17.4. The van der Waals surface area contributed by atoms with Gasteiger partial charge in [0, 0.05) is 57.8 Å². The number of aliphatic hydroxyl groups excluding tert-OH is 1. The monoisotopic (exact) mass is 470 g/mol. The number of aryl methyl sites for hydroxylation is 1. The molecule has 34 heavy (non-hydrogen) atoms. The molecule has 3 N–H and O–H groups in total. The molecule has 1 saturated heterocycles. The van der Waals surface area contributed by atoms with Gasteiger partial charge in [-0.05, 0) is 25.3 Å². The molecular weight excluding hydrogens is 436 g/mol. The van der Waals surface area contributed by atoms with Crippen molar-refractivity contribution in [2.24, 2.45) is 11.7 Å². The highest BCUT2D eigenvalue weighted by Gasteiger charge is 2.28. The lowest BCUT2D eigenvalue weighted by Gasteiger charge is -2.22. The average molecular weight is 471 g/mol. The van der Waals surface area contributed by atoms with Gasteiger partial charge in [0.05, 0.1) is 24.4 Å². The third-order valence-electron chi connectivity index (χ3n) is 5.64. The van der Waals surface area contributed by atoms with Crippen molar-refractivity contribution >= 4 is 17.1 Å². The summed E-state index contributed by atoms with van der Waals surface area (Å²) in [6, 6.07) is 3.87. The number of hydrogen-bond acceptors (Lipinski definition) is 8. The number of primary amides is 1. The van der Waals surface area contributed by atoms with E-state index >= 15 is 0 Å². The van der Waals surface area contributed by atoms with Crippen LogP contribution < -0.4 is 5.73 Å². The van der Waals surface area contributed by atoms with Crippen molar-refractivity contribution in [1.29, 1.82) is 5.26 Å². The summed E-state index contributed by atoms with van der Waals surface area (Å²) in [6.45, 7) is 9.94. The maximum Gasteiger partial charge on any atom is 0.244 e. The molecule has 0 aliphatic carbocycles. The molecule has 1 fully saturated rings. The Labute approximate surface area is 200 Å². The van der Waals surface area contributed by atoms with Gasteiger partial charge in [0.25, 0.3) is 0 Å². The largest absolute Gasteiger partial charge is 0.385 e. The number of nitrogens with two attached hydrogens (primary N) is 1. The highest BCUT2D eigenvalue weighted by molar-refractivity contribution is 5.91. The van der Waals surface area contributed by atoms with E-state index in [1.165, 1.54) is 6.08 Å². The number of amides is 1. The number of aliphatic hydroxyl groups is 1. The van der Waals surface area contributed by atoms with Crippen molar-refractivity contribution in [2.75, 3.05) is 33.9 Å². The van der Waals surface area contributed by atoms with Crippen molar-refractivity contribution < 1.29 is 19.4 Å². The molecule has 1 aliphatic heterocycles. The van der Waals surface area contributed by atoms with E-state index in [-0.39, 0.29) is 24.0 Å². The molecule has 0 spiro atoms. The number of carbonyl (C=O) groups excluding carboxylic acids is 1. The molecular formula is C24H34N6O4. The summed E-state index contributed by atoms with van der Waals surface area (Å²) in [4.78, 5) is 21.3. The standard InChI is InChI=1S/C16H24N4O3.C8H10N2O/c1-22-7-3-5-20-11-18-14-8-12(9-17-15(14)20)16(21)19-6-4-13(10-19)23-2;1-3-7(5-9)4-6(2)8(10)11/h8-9,11,13,16,21H,3-7,10H2,1-2H3;3,7H,1-2,4H2,(H2,10,11)/t13-,16?;/m0./s1. The van der Waals surface area contributed by atoms with E-state index in [0.29, 0.717) is 6.61 Å². The summed E-state index contributed by atoms with van der Waals surface area (Å²) in [5.74, 6) is -0.929. The minimum absolute atomic E-state index is 0.196. The Bertz CT molecular complexity index is 1010. The summed E-state index contributed by atoms with van der Waals surface area (Å²) in [5.41, 5.74) is 7.59. The highest BCUT2D eigenvalue weighted by atomic mass is 16.5. The number of aromatic nitrogens is 3. The van der Waals surface area contributed by atoms with Gasteiger partial charge in [-0.25, -0.2) is 9.97 Å². The van der Waals surface area contributed by atoms with Crippen molar-refractivity contribution in [3.8, 4) is 6.07 Å². The number of nitriles is 1. The predicted octanol–water partition coefficient (Wildman–Crippen LogP) is 1.92. The van der Waals surface area contributed by atoms with Crippen LogP contribution in [0.1, 0.15) is 31.1 Å². The lowest BCUT2D eigenvalue weighted by Crippen LogP contribution is -2.27. The van der Waals surface area contributed by atoms with E-state index in [1.807, 2.05) is 21.6 Å². The predicted molar refractivity (Wildman–Crippen MR) is 128 cm³/mol. The molecule has 0 saturated carbocycles. The van der Waals surface area contributed by atoms with Crippen LogP contribution in [0.4, 0.5) is 0 Å². The van der Waals surface area contributed by atoms with Crippen LogP contribution in [0.15, 0.2) is 43.4 Å². The first-order valence-electron chi connectivity index (χ1n) is 11.1. The van der Waals surface area contributed by atoms with Crippen LogP contribution >= 0.6 is 0 Å². The Morgan fingerprint density at radius 3 is 2.82 bits per heavy atom. The summed E-state index contributed by atoms with van der Waals surface area (Å²) in [5, 5.41) is 19.0. The van der Waals surface area contributed by atoms with Crippen molar-refractivity contribution in [3.63, 3.8) is 0 Å². The molecule has 184 valence electrons. The zero-order chi connectivity index (χ0) is 25.1. The van der Waals surface area contributed by atoms with E-state index in [1.54, 1.807) is 26.7 Å². The van der Waals surface area contributed by atoms with E-state index in [2.05, 4.69) is 23.1 Å². The molecule has 0 radical (unpaired) electrons. The number of carbonyl (C=O) groups is 1. The average Bonchev–Trinajstić information content (AvgIpc) is 3.49. The molecule has 0 aromatic carbocycles. The number of fused-ring (bicyclic) bond motifs is 1. The van der Waals surface area contributed by atoms with E-state index in [0.717, 1.165) is 49.2 Å². The van der Waals surface area contributed by atoms with Crippen LogP contribution in [-0.4, -0.2) is 70.5 Å². The number of imidazole rings is 1. The van der Waals surface area contributed by atoms with Gasteiger partial charge < -0.3 is 24.9 Å². The van der Waals surface area contributed by atoms with Gasteiger partial charge >= 0.3 is 0 Å². The maximum atomic E-state index is 10.6. The fourth-order valence-corrected chi connectivity index (χ4v) is 3.58. The number of hydrogen-bond donors (Lipinski definition) is 2. The highest BCUT2D eigenvalue weighted by Crippen LogP contribution is 2.25. The number of likely N-dealkylation sites (tertiary alicyclic amines) is 1. The first-order chi connectivity index (χ1) is 16.3. The van der Waals surface area contributed by atoms with Crippen LogP contribution in [0.5, 0.6) is 0 Å². The molecule has 1 aliphatic rings. The molecule has 2 unspecified atom stereocenters. The molecule has 3 heterocycles. The third-order valence-corrected chi connectivity index (χ3v) is 5.64. The van der Waals surface area contributed by atoms with Crippen LogP contribution in [-0.2, 0) is 20.8 Å². The van der Waals surface area contributed by atoms with E-state index in [4.69, 9.17) is 20.5 Å². The van der Waals surface area contributed by atoms with Gasteiger partial charge in [0.15, 0.2) is 5.65 Å². The Morgan fingerprint density at radius 1 is 1.47 bits per heavy atom. The molecule has 2 aromatic rings. The van der Waals surface area contributed by atoms with Crippen LogP contribution in [0.25, 0.3) is 11.2 Å². The molecule has 3 rings (SSSR count). The smallest absolute Gasteiger partial charge is 0.244 e. The van der Waals surface area contributed by atoms with E-state index < -0.39 is 12.1 Å². The lowest BCUT2D eigenvalue weighted by molar-refractivity contribution is -0.114. The summed E-state index contributed by atoms with van der Waals surface area (Å²) in [6.07, 6.45) is 6.66.